The highest BCUT2D eigenvalue weighted by Gasteiger charge is 2.25. The van der Waals surface area contributed by atoms with Crippen molar-refractivity contribution in [3.63, 3.8) is 0 Å². The summed E-state index contributed by atoms with van der Waals surface area (Å²) in [6.07, 6.45) is 0.518. The number of anilines is 1. The lowest BCUT2D eigenvalue weighted by Gasteiger charge is -2.31. The number of amides is 2. The van der Waals surface area contributed by atoms with Crippen molar-refractivity contribution in [1.29, 1.82) is 0 Å². The lowest BCUT2D eigenvalue weighted by atomic mass is 9.98. The molecule has 2 amide bonds. The van der Waals surface area contributed by atoms with E-state index < -0.39 is 6.09 Å². The first-order chi connectivity index (χ1) is 15.5. The molecule has 32 heavy (non-hydrogen) atoms. The summed E-state index contributed by atoms with van der Waals surface area (Å²) in [5, 5.41) is 3.25. The van der Waals surface area contributed by atoms with Crippen molar-refractivity contribution < 1.29 is 28.5 Å². The van der Waals surface area contributed by atoms with Crippen LogP contribution < -0.4 is 14.8 Å². The molecular formula is C23H27ClN2O6. The van der Waals surface area contributed by atoms with Gasteiger partial charge in [-0.05, 0) is 37.0 Å². The molecule has 0 aliphatic carbocycles. The molecule has 8 nitrogen and oxygen atoms in total. The Kier molecular flexibility index (Phi) is 8.44. The maximum atomic E-state index is 12.3. The zero-order valence-corrected chi connectivity index (χ0v) is 18.9. The molecule has 1 saturated heterocycles. The highest BCUT2D eigenvalue weighted by molar-refractivity contribution is 6.31. The minimum absolute atomic E-state index is 0.135. The van der Waals surface area contributed by atoms with Gasteiger partial charge >= 0.3 is 12.2 Å². The van der Waals surface area contributed by atoms with Crippen LogP contribution in [0, 0.1) is 5.92 Å². The molecular weight excluding hydrogens is 436 g/mol. The smallest absolute Gasteiger partial charge is 0.411 e. The molecule has 3 rings (SSSR count). The molecule has 172 valence electrons. The van der Waals surface area contributed by atoms with Crippen LogP contribution in [0.4, 0.5) is 15.3 Å². The number of carbonyl (C=O) groups excluding carboxylic acids is 2. The number of hydrogen-bond donors (Lipinski definition) is 1. The molecule has 1 fully saturated rings. The molecule has 2 aromatic rings. The van der Waals surface area contributed by atoms with E-state index in [0.29, 0.717) is 35.3 Å². The summed E-state index contributed by atoms with van der Waals surface area (Å²) in [5.41, 5.74) is 1.26. The molecule has 0 saturated carbocycles. The standard InChI is InChI=1S/C23H27ClN2O6/c1-29-18-7-8-20(21(13-18)30-2)25-22(27)31-14-16-9-11-26(12-10-16)23(28)32-15-17-5-3-4-6-19(17)24/h3-8,13,16H,9-12,14-15H2,1-2H3,(H,25,27). The molecule has 1 heterocycles. The number of carbonyl (C=O) groups is 2. The monoisotopic (exact) mass is 462 g/mol. The third kappa shape index (κ3) is 6.43. The molecule has 0 unspecified atom stereocenters. The van der Waals surface area contributed by atoms with Crippen LogP contribution in [0.3, 0.4) is 0 Å². The Labute approximate surface area is 192 Å². The second-order valence-corrected chi connectivity index (χ2v) is 7.77. The van der Waals surface area contributed by atoms with E-state index in [2.05, 4.69) is 5.32 Å². The Bertz CT molecular complexity index is 930. The van der Waals surface area contributed by atoms with Gasteiger partial charge in [0.25, 0.3) is 0 Å². The van der Waals surface area contributed by atoms with Gasteiger partial charge in [0.15, 0.2) is 0 Å². The third-order valence-electron chi connectivity index (χ3n) is 5.28. The van der Waals surface area contributed by atoms with E-state index in [1.54, 1.807) is 36.3 Å². The Morgan fingerprint density at radius 3 is 2.50 bits per heavy atom. The number of nitrogens with zero attached hydrogens (tertiary/aromatic N) is 1. The lowest BCUT2D eigenvalue weighted by molar-refractivity contribution is 0.0699. The van der Waals surface area contributed by atoms with Gasteiger partial charge in [0.2, 0.25) is 0 Å². The fourth-order valence-electron chi connectivity index (χ4n) is 3.37. The molecule has 2 aromatic carbocycles. The molecule has 9 heteroatoms. The third-order valence-corrected chi connectivity index (χ3v) is 5.65. The molecule has 1 N–H and O–H groups in total. The summed E-state index contributed by atoms with van der Waals surface area (Å²) in [7, 11) is 3.07. The van der Waals surface area contributed by atoms with Gasteiger partial charge in [0.1, 0.15) is 18.1 Å². The van der Waals surface area contributed by atoms with E-state index in [1.807, 2.05) is 18.2 Å². The maximum Gasteiger partial charge on any atom is 0.411 e. The second kappa shape index (κ2) is 11.5. The van der Waals surface area contributed by atoms with Crippen LogP contribution in [0.15, 0.2) is 42.5 Å². The SMILES string of the molecule is COc1ccc(NC(=O)OCC2CCN(C(=O)OCc3ccccc3Cl)CC2)c(OC)c1. The topological polar surface area (TPSA) is 86.3 Å². The molecule has 0 spiro atoms. The van der Waals surface area contributed by atoms with Crippen LogP contribution in [-0.4, -0.2) is 51.0 Å². The number of rotatable bonds is 7. The van der Waals surface area contributed by atoms with Gasteiger partial charge in [-0.15, -0.1) is 0 Å². The molecule has 0 atom stereocenters. The minimum atomic E-state index is -0.560. The Hall–Kier alpha value is -3.13. The number of methoxy groups -OCH3 is 2. The molecule has 0 radical (unpaired) electrons. The number of piperidine rings is 1. The maximum absolute atomic E-state index is 12.3. The van der Waals surface area contributed by atoms with E-state index in [4.69, 9.17) is 30.5 Å². The van der Waals surface area contributed by atoms with Gasteiger partial charge in [0.05, 0.1) is 26.5 Å². The van der Waals surface area contributed by atoms with E-state index in [9.17, 15) is 9.59 Å². The summed E-state index contributed by atoms with van der Waals surface area (Å²) in [4.78, 5) is 26.2. The van der Waals surface area contributed by atoms with Gasteiger partial charge in [-0.2, -0.15) is 0 Å². The predicted octanol–water partition coefficient (Wildman–Crippen LogP) is 4.95. The highest BCUT2D eigenvalue weighted by Crippen LogP contribution is 2.29. The zero-order chi connectivity index (χ0) is 22.9. The van der Waals surface area contributed by atoms with Crippen molar-refractivity contribution in [3.05, 3.63) is 53.1 Å². The average molecular weight is 463 g/mol. The first kappa shape index (κ1) is 23.5. The van der Waals surface area contributed by atoms with Gasteiger partial charge in [0, 0.05) is 29.7 Å². The number of hydrogen-bond acceptors (Lipinski definition) is 6. The minimum Gasteiger partial charge on any atom is -0.497 e. The summed E-state index contributed by atoms with van der Waals surface area (Å²) in [5.74, 6) is 1.27. The van der Waals surface area contributed by atoms with Crippen molar-refractivity contribution >= 4 is 29.5 Å². The number of ether oxygens (including phenoxy) is 4. The molecule has 0 bridgehead atoms. The Balaban J connectivity index is 1.39. The highest BCUT2D eigenvalue weighted by atomic mass is 35.5. The van der Waals surface area contributed by atoms with Crippen LogP contribution in [-0.2, 0) is 16.1 Å². The average Bonchev–Trinajstić information content (AvgIpc) is 2.82. The second-order valence-electron chi connectivity index (χ2n) is 7.37. The Morgan fingerprint density at radius 2 is 1.81 bits per heavy atom. The van der Waals surface area contributed by atoms with Crippen molar-refractivity contribution in [1.82, 2.24) is 4.90 Å². The van der Waals surface area contributed by atoms with E-state index in [1.165, 1.54) is 7.11 Å². The molecule has 1 aliphatic heterocycles. The summed E-state index contributed by atoms with van der Waals surface area (Å²) < 4.78 is 21.2. The van der Waals surface area contributed by atoms with E-state index >= 15 is 0 Å². The van der Waals surface area contributed by atoms with Gasteiger partial charge < -0.3 is 23.8 Å². The first-order valence-corrected chi connectivity index (χ1v) is 10.7. The van der Waals surface area contributed by atoms with Gasteiger partial charge in [-0.1, -0.05) is 29.8 Å². The van der Waals surface area contributed by atoms with Crippen LogP contribution in [0.5, 0.6) is 11.5 Å². The summed E-state index contributed by atoms with van der Waals surface area (Å²) >= 11 is 6.09. The summed E-state index contributed by atoms with van der Waals surface area (Å²) in [6, 6.07) is 12.3. The Morgan fingerprint density at radius 1 is 1.06 bits per heavy atom. The van der Waals surface area contributed by atoms with Crippen LogP contribution >= 0.6 is 11.6 Å². The quantitative estimate of drug-likeness (QED) is 0.626. The van der Waals surface area contributed by atoms with Gasteiger partial charge in [-0.3, -0.25) is 5.32 Å². The van der Waals surface area contributed by atoms with Crippen molar-refractivity contribution in [2.75, 3.05) is 39.2 Å². The molecule has 0 aromatic heterocycles. The number of nitrogens with one attached hydrogen (secondary N) is 1. The fraction of sp³-hybridized carbons (Fsp3) is 0.391. The molecule has 1 aliphatic rings. The van der Waals surface area contributed by atoms with Crippen molar-refractivity contribution in [2.24, 2.45) is 5.92 Å². The van der Waals surface area contributed by atoms with Crippen LogP contribution in [0.25, 0.3) is 0 Å². The van der Waals surface area contributed by atoms with E-state index in [-0.39, 0.29) is 25.2 Å². The largest absolute Gasteiger partial charge is 0.497 e. The zero-order valence-electron chi connectivity index (χ0n) is 18.1. The fourth-order valence-corrected chi connectivity index (χ4v) is 3.56. The van der Waals surface area contributed by atoms with Crippen LogP contribution in [0.2, 0.25) is 5.02 Å². The number of likely N-dealkylation sites (tertiary alicyclic amines) is 1. The van der Waals surface area contributed by atoms with Crippen molar-refractivity contribution in [3.8, 4) is 11.5 Å². The van der Waals surface area contributed by atoms with E-state index in [0.717, 1.165) is 18.4 Å². The number of halogens is 1. The van der Waals surface area contributed by atoms with Gasteiger partial charge in [-0.25, -0.2) is 9.59 Å². The first-order valence-electron chi connectivity index (χ1n) is 10.3. The summed E-state index contributed by atoms with van der Waals surface area (Å²) in [6.45, 7) is 1.50. The normalized spacial score (nSPS) is 13.9. The van der Waals surface area contributed by atoms with Crippen molar-refractivity contribution in [2.45, 2.75) is 19.4 Å². The van der Waals surface area contributed by atoms with Crippen LogP contribution in [0.1, 0.15) is 18.4 Å². The predicted molar refractivity (Wildman–Crippen MR) is 120 cm³/mol. The number of benzene rings is 2. The lowest BCUT2D eigenvalue weighted by Crippen LogP contribution is -2.40.